The van der Waals surface area contributed by atoms with E-state index in [2.05, 4.69) is 15.5 Å². The van der Waals surface area contributed by atoms with E-state index in [9.17, 15) is 9.59 Å². The fourth-order valence-corrected chi connectivity index (χ4v) is 3.57. The number of benzene rings is 2. The Morgan fingerprint density at radius 2 is 1.80 bits per heavy atom. The van der Waals surface area contributed by atoms with Gasteiger partial charge >= 0.3 is 0 Å². The maximum Gasteiger partial charge on any atom is 0.253 e. The lowest BCUT2D eigenvalue weighted by Crippen LogP contribution is -2.45. The zero-order valence-corrected chi connectivity index (χ0v) is 17.7. The SMILES string of the molecule is COc1ccc(C(CNC(=O)CNC(=O)c2ccccc2Cl)N2CCOCC2)cc1. The number of ether oxygens (including phenoxy) is 2. The molecule has 1 aliphatic heterocycles. The fourth-order valence-electron chi connectivity index (χ4n) is 3.35. The molecule has 0 saturated carbocycles. The van der Waals surface area contributed by atoms with E-state index < -0.39 is 0 Å². The molecule has 2 aromatic rings. The van der Waals surface area contributed by atoms with Gasteiger partial charge in [-0.3, -0.25) is 14.5 Å². The summed E-state index contributed by atoms with van der Waals surface area (Å²) in [5.41, 5.74) is 1.43. The highest BCUT2D eigenvalue weighted by molar-refractivity contribution is 6.33. The first-order chi connectivity index (χ1) is 14.6. The van der Waals surface area contributed by atoms with Gasteiger partial charge in [-0.2, -0.15) is 0 Å². The molecule has 0 aromatic heterocycles. The van der Waals surface area contributed by atoms with Crippen LogP contribution in [0.25, 0.3) is 0 Å². The van der Waals surface area contributed by atoms with E-state index in [1.54, 1.807) is 31.4 Å². The summed E-state index contributed by atoms with van der Waals surface area (Å²) in [6.45, 7) is 3.20. The monoisotopic (exact) mass is 431 g/mol. The average molecular weight is 432 g/mol. The maximum atomic E-state index is 12.4. The molecule has 1 fully saturated rings. The Morgan fingerprint density at radius 3 is 2.47 bits per heavy atom. The predicted molar refractivity (Wildman–Crippen MR) is 115 cm³/mol. The number of nitrogens with one attached hydrogen (secondary N) is 2. The van der Waals surface area contributed by atoms with Gasteiger partial charge in [0.25, 0.3) is 5.91 Å². The van der Waals surface area contributed by atoms with Crippen molar-refractivity contribution < 1.29 is 19.1 Å². The standard InChI is InChI=1S/C22H26ClN3O4/c1-29-17-8-6-16(7-9-17)20(26-10-12-30-13-11-26)14-24-21(27)15-25-22(28)18-4-2-3-5-19(18)23/h2-9,20H,10-15H2,1H3,(H,24,27)(H,25,28). The Labute approximate surface area is 181 Å². The van der Waals surface area contributed by atoms with Crippen molar-refractivity contribution in [1.29, 1.82) is 0 Å². The van der Waals surface area contributed by atoms with Gasteiger partial charge in [-0.15, -0.1) is 0 Å². The third kappa shape index (κ3) is 5.95. The summed E-state index contributed by atoms with van der Waals surface area (Å²) in [7, 11) is 1.63. The van der Waals surface area contributed by atoms with Crippen molar-refractivity contribution in [3.63, 3.8) is 0 Å². The van der Waals surface area contributed by atoms with Gasteiger partial charge in [-0.1, -0.05) is 35.9 Å². The molecule has 2 amide bonds. The van der Waals surface area contributed by atoms with Crippen molar-refractivity contribution in [3.05, 3.63) is 64.7 Å². The molecule has 30 heavy (non-hydrogen) atoms. The zero-order chi connectivity index (χ0) is 21.3. The number of methoxy groups -OCH3 is 1. The summed E-state index contributed by atoms with van der Waals surface area (Å²) >= 11 is 6.03. The van der Waals surface area contributed by atoms with Crippen LogP contribution in [-0.4, -0.2) is 63.2 Å². The molecule has 0 bridgehead atoms. The minimum absolute atomic E-state index is 0.00280. The number of carbonyl (C=O) groups excluding carboxylic acids is 2. The van der Waals surface area contributed by atoms with Crippen LogP contribution in [0.2, 0.25) is 5.02 Å². The van der Waals surface area contributed by atoms with Crippen LogP contribution < -0.4 is 15.4 Å². The molecular formula is C22H26ClN3O4. The second-order valence-corrected chi connectivity index (χ2v) is 7.31. The minimum atomic E-state index is -0.379. The summed E-state index contributed by atoms with van der Waals surface area (Å²) in [6.07, 6.45) is 0. The summed E-state index contributed by atoms with van der Waals surface area (Å²) in [5, 5.41) is 5.89. The number of nitrogens with zero attached hydrogens (tertiary/aromatic N) is 1. The first kappa shape index (κ1) is 22.1. The van der Waals surface area contributed by atoms with Gasteiger partial charge in [0.2, 0.25) is 5.91 Å². The Bertz CT molecular complexity index is 854. The average Bonchev–Trinajstić information content (AvgIpc) is 2.79. The summed E-state index contributed by atoms with van der Waals surface area (Å²) in [5.74, 6) is 0.142. The van der Waals surface area contributed by atoms with Crippen molar-refractivity contribution >= 4 is 23.4 Å². The lowest BCUT2D eigenvalue weighted by Gasteiger charge is -2.35. The smallest absolute Gasteiger partial charge is 0.253 e. The van der Waals surface area contributed by atoms with E-state index in [0.717, 1.165) is 24.4 Å². The molecule has 0 aliphatic carbocycles. The highest BCUT2D eigenvalue weighted by atomic mass is 35.5. The zero-order valence-electron chi connectivity index (χ0n) is 16.9. The number of amides is 2. The summed E-state index contributed by atoms with van der Waals surface area (Å²) < 4.78 is 10.7. The highest BCUT2D eigenvalue weighted by Crippen LogP contribution is 2.23. The molecule has 1 saturated heterocycles. The van der Waals surface area contributed by atoms with E-state index >= 15 is 0 Å². The second-order valence-electron chi connectivity index (χ2n) is 6.90. The number of carbonyl (C=O) groups is 2. The lowest BCUT2D eigenvalue weighted by molar-refractivity contribution is -0.120. The number of hydrogen-bond acceptors (Lipinski definition) is 5. The second kappa shape index (κ2) is 11.0. The molecule has 2 N–H and O–H groups in total. The molecule has 1 aliphatic rings. The number of morpholine rings is 1. The Morgan fingerprint density at radius 1 is 1.10 bits per heavy atom. The van der Waals surface area contributed by atoms with Crippen molar-refractivity contribution in [2.75, 3.05) is 46.5 Å². The molecule has 2 aromatic carbocycles. The van der Waals surface area contributed by atoms with Crippen molar-refractivity contribution in [3.8, 4) is 5.75 Å². The van der Waals surface area contributed by atoms with Crippen LogP contribution in [0.5, 0.6) is 5.75 Å². The number of hydrogen-bond donors (Lipinski definition) is 2. The summed E-state index contributed by atoms with van der Waals surface area (Å²) in [6, 6.07) is 14.6. The molecule has 1 atom stereocenters. The van der Waals surface area contributed by atoms with Crippen LogP contribution in [0, 0.1) is 0 Å². The molecule has 1 heterocycles. The van der Waals surface area contributed by atoms with E-state index in [1.165, 1.54) is 0 Å². The van der Waals surface area contributed by atoms with Crippen LogP contribution in [0.1, 0.15) is 22.0 Å². The number of halogens is 1. The van der Waals surface area contributed by atoms with Crippen molar-refractivity contribution in [1.82, 2.24) is 15.5 Å². The Hall–Kier alpha value is -2.61. The van der Waals surface area contributed by atoms with E-state index in [-0.39, 0.29) is 24.4 Å². The molecule has 0 radical (unpaired) electrons. The minimum Gasteiger partial charge on any atom is -0.497 e. The van der Waals surface area contributed by atoms with Gasteiger partial charge < -0.3 is 20.1 Å². The largest absolute Gasteiger partial charge is 0.497 e. The van der Waals surface area contributed by atoms with Crippen LogP contribution >= 0.6 is 11.6 Å². The van der Waals surface area contributed by atoms with Gasteiger partial charge in [0, 0.05) is 19.6 Å². The van der Waals surface area contributed by atoms with E-state index in [1.807, 2.05) is 24.3 Å². The van der Waals surface area contributed by atoms with E-state index in [0.29, 0.717) is 30.3 Å². The van der Waals surface area contributed by atoms with Crippen LogP contribution in [0.3, 0.4) is 0 Å². The molecule has 1 unspecified atom stereocenters. The molecule has 7 nitrogen and oxygen atoms in total. The molecular weight excluding hydrogens is 406 g/mol. The Balaban J connectivity index is 1.58. The maximum absolute atomic E-state index is 12.4. The van der Waals surface area contributed by atoms with Gasteiger partial charge in [0.1, 0.15) is 5.75 Å². The van der Waals surface area contributed by atoms with Gasteiger partial charge in [0.15, 0.2) is 0 Å². The fraction of sp³-hybridized carbons (Fsp3) is 0.364. The summed E-state index contributed by atoms with van der Waals surface area (Å²) in [4.78, 5) is 26.9. The normalized spacial score (nSPS) is 15.3. The quantitative estimate of drug-likeness (QED) is 0.670. The van der Waals surface area contributed by atoms with Crippen LogP contribution in [0.4, 0.5) is 0 Å². The Kier molecular flexibility index (Phi) is 8.07. The van der Waals surface area contributed by atoms with Gasteiger partial charge in [-0.25, -0.2) is 0 Å². The van der Waals surface area contributed by atoms with Crippen LogP contribution in [0.15, 0.2) is 48.5 Å². The number of rotatable bonds is 8. The molecule has 0 spiro atoms. The lowest BCUT2D eigenvalue weighted by atomic mass is 10.0. The van der Waals surface area contributed by atoms with Crippen LogP contribution in [-0.2, 0) is 9.53 Å². The van der Waals surface area contributed by atoms with Gasteiger partial charge in [0.05, 0.1) is 43.5 Å². The first-order valence-corrected chi connectivity index (χ1v) is 10.2. The molecule has 8 heteroatoms. The van der Waals surface area contributed by atoms with E-state index in [4.69, 9.17) is 21.1 Å². The highest BCUT2D eigenvalue weighted by Gasteiger charge is 2.23. The van der Waals surface area contributed by atoms with Gasteiger partial charge in [-0.05, 0) is 29.8 Å². The molecule has 3 rings (SSSR count). The third-order valence-electron chi connectivity index (χ3n) is 5.01. The first-order valence-electron chi connectivity index (χ1n) is 9.83. The third-order valence-corrected chi connectivity index (χ3v) is 5.34. The van der Waals surface area contributed by atoms with Crippen molar-refractivity contribution in [2.45, 2.75) is 6.04 Å². The molecule has 160 valence electrons. The van der Waals surface area contributed by atoms with Crippen molar-refractivity contribution in [2.24, 2.45) is 0 Å². The topological polar surface area (TPSA) is 79.9 Å². The predicted octanol–water partition coefficient (Wildman–Crippen LogP) is 2.27.